The summed E-state index contributed by atoms with van der Waals surface area (Å²) in [5.41, 5.74) is 1.22. The van der Waals surface area contributed by atoms with Crippen LogP contribution in [-0.2, 0) is 20.0 Å². The molecular weight excluding hydrogens is 462 g/mol. The molecule has 1 amide bonds. The Balaban J connectivity index is 1.71. The molecule has 0 fully saturated rings. The SMILES string of the molecule is CS(=O)(=O)Nc1cccc(C(=O)Nc2ccc(S(=O)(=O)Nc3ccc(Cl)cc3)cc2)c1. The molecule has 0 aromatic heterocycles. The van der Waals surface area contributed by atoms with Crippen LogP contribution in [0.1, 0.15) is 10.4 Å². The van der Waals surface area contributed by atoms with Gasteiger partial charge in [-0.2, -0.15) is 0 Å². The van der Waals surface area contributed by atoms with E-state index in [0.29, 0.717) is 16.4 Å². The molecule has 0 aliphatic carbocycles. The maximum absolute atomic E-state index is 12.5. The van der Waals surface area contributed by atoms with Crippen molar-refractivity contribution in [1.82, 2.24) is 0 Å². The molecule has 0 atom stereocenters. The lowest BCUT2D eigenvalue weighted by molar-refractivity contribution is 0.102. The lowest BCUT2D eigenvalue weighted by atomic mass is 10.2. The van der Waals surface area contributed by atoms with Crippen LogP contribution in [-0.4, -0.2) is 29.0 Å². The summed E-state index contributed by atoms with van der Waals surface area (Å²) in [6.07, 6.45) is 1.01. The minimum absolute atomic E-state index is 0.0137. The van der Waals surface area contributed by atoms with Gasteiger partial charge in [-0.3, -0.25) is 14.2 Å². The summed E-state index contributed by atoms with van der Waals surface area (Å²) in [6.45, 7) is 0. The van der Waals surface area contributed by atoms with Crippen LogP contribution in [0, 0.1) is 0 Å². The van der Waals surface area contributed by atoms with Gasteiger partial charge in [-0.25, -0.2) is 16.8 Å². The predicted molar refractivity (Wildman–Crippen MR) is 122 cm³/mol. The average Bonchev–Trinajstić information content (AvgIpc) is 2.69. The van der Waals surface area contributed by atoms with E-state index in [9.17, 15) is 21.6 Å². The van der Waals surface area contributed by atoms with Gasteiger partial charge in [0.05, 0.1) is 11.2 Å². The first-order valence-corrected chi connectivity index (χ1v) is 12.5. The zero-order valence-corrected chi connectivity index (χ0v) is 18.6. The Morgan fingerprint density at radius 2 is 1.39 bits per heavy atom. The molecule has 0 aliphatic rings. The highest BCUT2D eigenvalue weighted by Crippen LogP contribution is 2.20. The summed E-state index contributed by atoms with van der Waals surface area (Å²) >= 11 is 5.80. The van der Waals surface area contributed by atoms with Crippen molar-refractivity contribution in [3.63, 3.8) is 0 Å². The molecule has 3 N–H and O–H groups in total. The molecule has 0 bridgehead atoms. The number of hydrogen-bond donors (Lipinski definition) is 3. The van der Waals surface area contributed by atoms with Crippen molar-refractivity contribution in [1.29, 1.82) is 0 Å². The van der Waals surface area contributed by atoms with Crippen molar-refractivity contribution in [3.8, 4) is 0 Å². The maximum atomic E-state index is 12.5. The quantitative estimate of drug-likeness (QED) is 0.476. The fourth-order valence-electron chi connectivity index (χ4n) is 2.59. The van der Waals surface area contributed by atoms with Gasteiger partial charge in [0.25, 0.3) is 15.9 Å². The lowest BCUT2D eigenvalue weighted by Gasteiger charge is -2.10. The minimum atomic E-state index is -3.82. The first-order chi connectivity index (χ1) is 14.5. The first kappa shape index (κ1) is 22.6. The Bertz CT molecular complexity index is 1310. The van der Waals surface area contributed by atoms with Gasteiger partial charge in [-0.1, -0.05) is 17.7 Å². The van der Waals surface area contributed by atoms with Crippen LogP contribution in [0.2, 0.25) is 5.02 Å². The van der Waals surface area contributed by atoms with Crippen molar-refractivity contribution in [2.45, 2.75) is 4.90 Å². The lowest BCUT2D eigenvalue weighted by Crippen LogP contribution is -2.15. The van der Waals surface area contributed by atoms with Crippen LogP contribution in [0.25, 0.3) is 0 Å². The van der Waals surface area contributed by atoms with Gasteiger partial charge < -0.3 is 5.32 Å². The van der Waals surface area contributed by atoms with Crippen molar-refractivity contribution in [2.75, 3.05) is 21.0 Å². The summed E-state index contributed by atoms with van der Waals surface area (Å²) in [5, 5.41) is 3.12. The Morgan fingerprint density at radius 1 is 0.774 bits per heavy atom. The molecule has 0 unspecified atom stereocenters. The third-order valence-electron chi connectivity index (χ3n) is 3.95. The summed E-state index contributed by atoms with van der Waals surface area (Å²) in [5.74, 6) is -0.480. The Morgan fingerprint density at radius 3 is 2.00 bits per heavy atom. The van der Waals surface area contributed by atoms with Gasteiger partial charge in [0.2, 0.25) is 10.0 Å². The van der Waals surface area contributed by atoms with Crippen molar-refractivity contribution in [2.24, 2.45) is 0 Å². The minimum Gasteiger partial charge on any atom is -0.322 e. The third kappa shape index (κ3) is 6.45. The number of amides is 1. The topological polar surface area (TPSA) is 121 Å². The van der Waals surface area contributed by atoms with E-state index in [-0.39, 0.29) is 16.1 Å². The molecule has 3 aromatic carbocycles. The number of rotatable bonds is 7. The second kappa shape index (κ2) is 8.96. The van der Waals surface area contributed by atoms with E-state index < -0.39 is 26.0 Å². The Hall–Kier alpha value is -3.08. The zero-order chi connectivity index (χ0) is 22.6. The Kier molecular flexibility index (Phi) is 6.54. The van der Waals surface area contributed by atoms with Gasteiger partial charge in [0.1, 0.15) is 0 Å². The number of carbonyl (C=O) groups is 1. The fourth-order valence-corrected chi connectivity index (χ4v) is 4.33. The number of benzene rings is 3. The summed E-state index contributed by atoms with van der Waals surface area (Å²) in [4.78, 5) is 12.5. The van der Waals surface area contributed by atoms with Crippen LogP contribution >= 0.6 is 11.6 Å². The fraction of sp³-hybridized carbons (Fsp3) is 0.0500. The van der Waals surface area contributed by atoms with E-state index >= 15 is 0 Å². The highest BCUT2D eigenvalue weighted by molar-refractivity contribution is 7.92. The molecule has 0 saturated heterocycles. The standard InChI is InChI=1S/C20H18ClN3O5S2/c1-30(26,27)23-18-4-2-3-14(13-18)20(25)22-16-9-11-19(12-10-16)31(28,29)24-17-7-5-15(21)6-8-17/h2-13,23-24H,1H3,(H,22,25). The number of sulfonamides is 2. The largest absolute Gasteiger partial charge is 0.322 e. The first-order valence-electron chi connectivity index (χ1n) is 8.79. The monoisotopic (exact) mass is 479 g/mol. The molecule has 31 heavy (non-hydrogen) atoms. The van der Waals surface area contributed by atoms with Gasteiger partial charge in [0, 0.05) is 27.6 Å². The van der Waals surface area contributed by atoms with Crippen molar-refractivity contribution >= 4 is 54.6 Å². The Labute approximate surface area is 185 Å². The van der Waals surface area contributed by atoms with Crippen LogP contribution in [0.4, 0.5) is 17.1 Å². The van der Waals surface area contributed by atoms with Gasteiger partial charge in [0.15, 0.2) is 0 Å². The summed E-state index contributed by atoms with van der Waals surface area (Å²) in [7, 11) is -7.29. The molecule has 3 aromatic rings. The van der Waals surface area contributed by atoms with Crippen LogP contribution in [0.3, 0.4) is 0 Å². The molecule has 11 heteroatoms. The van der Waals surface area contributed by atoms with Crippen LogP contribution in [0.15, 0.2) is 77.7 Å². The summed E-state index contributed by atoms with van der Waals surface area (Å²) < 4.78 is 52.4. The number of carbonyl (C=O) groups excluding carboxylic acids is 1. The van der Waals surface area contributed by atoms with E-state index in [1.165, 1.54) is 42.5 Å². The normalized spacial score (nSPS) is 11.5. The smallest absolute Gasteiger partial charge is 0.261 e. The number of anilines is 3. The molecule has 0 aliphatic heterocycles. The van der Waals surface area contributed by atoms with Gasteiger partial charge >= 0.3 is 0 Å². The van der Waals surface area contributed by atoms with Crippen molar-refractivity contribution in [3.05, 3.63) is 83.4 Å². The summed E-state index contributed by atoms with van der Waals surface area (Å²) in [6, 6.07) is 17.8. The molecule has 8 nitrogen and oxygen atoms in total. The third-order valence-corrected chi connectivity index (χ3v) is 6.20. The highest BCUT2D eigenvalue weighted by atomic mass is 35.5. The molecule has 0 spiro atoms. The molecular formula is C20H18ClN3O5S2. The van der Waals surface area contributed by atoms with Crippen LogP contribution in [0.5, 0.6) is 0 Å². The van der Waals surface area contributed by atoms with E-state index in [1.54, 1.807) is 30.3 Å². The van der Waals surface area contributed by atoms with Gasteiger partial charge in [-0.15, -0.1) is 0 Å². The molecule has 0 heterocycles. The maximum Gasteiger partial charge on any atom is 0.261 e. The van der Waals surface area contributed by atoms with Crippen LogP contribution < -0.4 is 14.8 Å². The molecule has 3 rings (SSSR count). The molecule has 162 valence electrons. The van der Waals surface area contributed by atoms with E-state index in [0.717, 1.165) is 6.26 Å². The van der Waals surface area contributed by atoms with Crippen molar-refractivity contribution < 1.29 is 21.6 Å². The second-order valence-corrected chi connectivity index (χ2v) is 10.4. The average molecular weight is 480 g/mol. The van der Waals surface area contributed by atoms with Gasteiger partial charge in [-0.05, 0) is 66.7 Å². The van der Waals surface area contributed by atoms with E-state index in [4.69, 9.17) is 11.6 Å². The predicted octanol–water partition coefficient (Wildman–Crippen LogP) is 3.76. The molecule has 0 radical (unpaired) electrons. The second-order valence-electron chi connectivity index (χ2n) is 6.55. The molecule has 0 saturated carbocycles. The van der Waals surface area contributed by atoms with E-state index in [1.807, 2.05) is 0 Å². The number of halogens is 1. The number of nitrogens with one attached hydrogen (secondary N) is 3. The van der Waals surface area contributed by atoms with E-state index in [2.05, 4.69) is 14.8 Å². The zero-order valence-electron chi connectivity index (χ0n) is 16.2. The highest BCUT2D eigenvalue weighted by Gasteiger charge is 2.15. The number of hydrogen-bond acceptors (Lipinski definition) is 5.